The van der Waals surface area contributed by atoms with Crippen LogP contribution >= 0.6 is 11.6 Å². The van der Waals surface area contributed by atoms with Gasteiger partial charge in [-0.25, -0.2) is 4.79 Å². The molecule has 0 saturated carbocycles. The summed E-state index contributed by atoms with van der Waals surface area (Å²) in [4.78, 5) is 17.5. The summed E-state index contributed by atoms with van der Waals surface area (Å²) >= 11 is 6.18. The molecular formula is C22H22ClNO5. The lowest BCUT2D eigenvalue weighted by Crippen LogP contribution is -2.12. The highest BCUT2D eigenvalue weighted by Gasteiger charge is 2.26. The Labute approximate surface area is 174 Å². The molecule has 3 rings (SSSR count). The zero-order valence-corrected chi connectivity index (χ0v) is 17.5. The van der Waals surface area contributed by atoms with Crippen molar-refractivity contribution in [3.8, 4) is 28.4 Å². The number of alkyl halides is 1. The highest BCUT2D eigenvalue weighted by Crippen LogP contribution is 2.42. The van der Waals surface area contributed by atoms with Gasteiger partial charge in [-0.3, -0.25) is 4.98 Å². The predicted octanol–water partition coefficient (Wildman–Crippen LogP) is 4.84. The molecule has 0 N–H and O–H groups in total. The summed E-state index contributed by atoms with van der Waals surface area (Å²) in [7, 11) is 4.69. The van der Waals surface area contributed by atoms with Crippen molar-refractivity contribution in [2.45, 2.75) is 12.8 Å². The summed E-state index contributed by atoms with van der Waals surface area (Å²) in [6, 6.07) is 11.0. The topological polar surface area (TPSA) is 66.9 Å². The van der Waals surface area contributed by atoms with E-state index in [0.29, 0.717) is 45.0 Å². The molecule has 6 nitrogen and oxygen atoms in total. The molecule has 0 aliphatic carbocycles. The number of esters is 1. The third-order valence-corrected chi connectivity index (χ3v) is 4.80. The number of halogens is 1. The van der Waals surface area contributed by atoms with Crippen LogP contribution in [0.4, 0.5) is 0 Å². The first kappa shape index (κ1) is 20.7. The van der Waals surface area contributed by atoms with Crippen LogP contribution in [0.3, 0.4) is 0 Å². The smallest absolute Gasteiger partial charge is 0.340 e. The Morgan fingerprint density at radius 2 is 1.66 bits per heavy atom. The normalized spacial score (nSPS) is 10.7. The van der Waals surface area contributed by atoms with Gasteiger partial charge >= 0.3 is 5.97 Å². The van der Waals surface area contributed by atoms with Crippen LogP contribution in [-0.4, -0.2) is 38.9 Å². The highest BCUT2D eigenvalue weighted by atomic mass is 35.5. The summed E-state index contributed by atoms with van der Waals surface area (Å²) in [5.74, 6) is 1.21. The summed E-state index contributed by atoms with van der Waals surface area (Å²) in [5.41, 5.74) is 2.70. The maximum Gasteiger partial charge on any atom is 0.340 e. The second-order valence-corrected chi connectivity index (χ2v) is 6.35. The Balaban J connectivity index is 2.51. The van der Waals surface area contributed by atoms with Crippen LogP contribution in [0.15, 0.2) is 36.4 Å². The molecule has 0 bridgehead atoms. The van der Waals surface area contributed by atoms with E-state index in [9.17, 15) is 4.79 Å². The van der Waals surface area contributed by atoms with E-state index in [1.807, 2.05) is 24.3 Å². The first-order valence-electron chi connectivity index (χ1n) is 9.04. The molecule has 0 saturated heterocycles. The number of carbonyl (C=O) groups is 1. The van der Waals surface area contributed by atoms with Crippen molar-refractivity contribution in [3.05, 3.63) is 47.7 Å². The van der Waals surface area contributed by atoms with Gasteiger partial charge in [0.25, 0.3) is 0 Å². The summed E-state index contributed by atoms with van der Waals surface area (Å²) in [6.07, 6.45) is 0. The number of aromatic nitrogens is 1. The van der Waals surface area contributed by atoms with E-state index in [4.69, 9.17) is 30.5 Å². The molecule has 3 aromatic rings. The van der Waals surface area contributed by atoms with Gasteiger partial charge in [0.2, 0.25) is 0 Å². The van der Waals surface area contributed by atoms with Gasteiger partial charge in [-0.15, -0.1) is 11.6 Å². The Hall–Kier alpha value is -2.99. The van der Waals surface area contributed by atoms with Crippen LogP contribution in [0.1, 0.15) is 23.0 Å². The molecule has 0 aliphatic heterocycles. The molecule has 0 amide bonds. The number of benzene rings is 2. The molecule has 0 aliphatic rings. The van der Waals surface area contributed by atoms with Crippen molar-refractivity contribution < 1.29 is 23.7 Å². The first-order valence-corrected chi connectivity index (χ1v) is 9.58. The molecule has 0 fully saturated rings. The van der Waals surface area contributed by atoms with E-state index in [0.717, 1.165) is 5.56 Å². The van der Waals surface area contributed by atoms with Crippen molar-refractivity contribution in [2.75, 3.05) is 27.9 Å². The second-order valence-electron chi connectivity index (χ2n) is 6.09. The molecule has 0 spiro atoms. The molecule has 0 unspecified atom stereocenters. The van der Waals surface area contributed by atoms with E-state index >= 15 is 0 Å². The fourth-order valence-corrected chi connectivity index (χ4v) is 3.49. The zero-order chi connectivity index (χ0) is 21.0. The molecule has 7 heteroatoms. The summed E-state index contributed by atoms with van der Waals surface area (Å²) in [6.45, 7) is 1.99. The van der Waals surface area contributed by atoms with Crippen LogP contribution in [0.5, 0.6) is 17.2 Å². The van der Waals surface area contributed by atoms with Gasteiger partial charge in [0.15, 0.2) is 11.5 Å². The minimum Gasteiger partial charge on any atom is -0.496 e. The SMILES string of the molecule is CCOC(=O)c1c(CCl)nc2cc(OC)c(OC)cc2c1-c1ccccc1OC. The first-order chi connectivity index (χ1) is 14.1. The standard InChI is InChI=1S/C22H22ClNO5/c1-5-29-22(25)21-16(12-23)24-15-11-19(28-4)18(27-3)10-14(15)20(21)13-8-6-7-9-17(13)26-2/h6-11H,5,12H2,1-4H3. The van der Waals surface area contributed by atoms with Gasteiger partial charge < -0.3 is 18.9 Å². The fourth-order valence-electron chi connectivity index (χ4n) is 3.29. The fraction of sp³-hybridized carbons (Fsp3) is 0.273. The van der Waals surface area contributed by atoms with Crippen molar-refractivity contribution in [3.63, 3.8) is 0 Å². The number of fused-ring (bicyclic) bond motifs is 1. The average Bonchev–Trinajstić information content (AvgIpc) is 2.76. The van der Waals surface area contributed by atoms with Crippen molar-refractivity contribution >= 4 is 28.5 Å². The number of nitrogens with zero attached hydrogens (tertiary/aromatic N) is 1. The molecular weight excluding hydrogens is 394 g/mol. The number of hydrogen-bond acceptors (Lipinski definition) is 6. The summed E-state index contributed by atoms with van der Waals surface area (Å²) < 4.78 is 21.8. The third-order valence-electron chi connectivity index (χ3n) is 4.55. The Morgan fingerprint density at radius 3 is 2.28 bits per heavy atom. The van der Waals surface area contributed by atoms with Gasteiger partial charge in [-0.05, 0) is 19.1 Å². The minimum atomic E-state index is -0.492. The number of carbonyl (C=O) groups excluding carboxylic acids is 1. The van der Waals surface area contributed by atoms with Gasteiger partial charge in [0.1, 0.15) is 5.75 Å². The minimum absolute atomic E-state index is 0.0422. The molecule has 1 aromatic heterocycles. The molecule has 0 radical (unpaired) electrons. The van der Waals surface area contributed by atoms with E-state index in [1.54, 1.807) is 40.4 Å². The predicted molar refractivity (Wildman–Crippen MR) is 112 cm³/mol. The second kappa shape index (κ2) is 9.01. The number of ether oxygens (including phenoxy) is 4. The van der Waals surface area contributed by atoms with Crippen molar-refractivity contribution in [1.82, 2.24) is 4.98 Å². The van der Waals surface area contributed by atoms with E-state index < -0.39 is 5.97 Å². The molecule has 0 atom stereocenters. The average molecular weight is 416 g/mol. The Bertz CT molecular complexity index is 1050. The zero-order valence-electron chi connectivity index (χ0n) is 16.7. The monoisotopic (exact) mass is 415 g/mol. The Morgan fingerprint density at radius 1 is 1.00 bits per heavy atom. The number of pyridine rings is 1. The van der Waals surface area contributed by atoms with Crippen LogP contribution in [-0.2, 0) is 10.6 Å². The summed E-state index contributed by atoms with van der Waals surface area (Å²) in [5, 5.41) is 0.698. The van der Waals surface area contributed by atoms with Gasteiger partial charge in [-0.1, -0.05) is 18.2 Å². The number of methoxy groups -OCH3 is 3. The largest absolute Gasteiger partial charge is 0.496 e. The van der Waals surface area contributed by atoms with Gasteiger partial charge in [0.05, 0.1) is 50.6 Å². The maximum atomic E-state index is 12.9. The van der Waals surface area contributed by atoms with Gasteiger partial charge in [-0.2, -0.15) is 0 Å². The quantitative estimate of drug-likeness (QED) is 0.406. The van der Waals surface area contributed by atoms with Crippen molar-refractivity contribution in [1.29, 1.82) is 0 Å². The lowest BCUT2D eigenvalue weighted by atomic mass is 9.93. The van der Waals surface area contributed by atoms with Crippen LogP contribution in [0.2, 0.25) is 0 Å². The number of rotatable bonds is 7. The van der Waals surface area contributed by atoms with Crippen LogP contribution in [0.25, 0.3) is 22.0 Å². The van der Waals surface area contributed by atoms with E-state index in [-0.39, 0.29) is 12.5 Å². The van der Waals surface area contributed by atoms with Crippen LogP contribution in [0, 0.1) is 0 Å². The van der Waals surface area contributed by atoms with Gasteiger partial charge in [0, 0.05) is 22.6 Å². The highest BCUT2D eigenvalue weighted by molar-refractivity contribution is 6.18. The maximum absolute atomic E-state index is 12.9. The Kier molecular flexibility index (Phi) is 6.44. The van der Waals surface area contributed by atoms with Crippen LogP contribution < -0.4 is 14.2 Å². The molecule has 1 heterocycles. The third kappa shape index (κ3) is 3.80. The van der Waals surface area contributed by atoms with Crippen molar-refractivity contribution in [2.24, 2.45) is 0 Å². The number of para-hydroxylation sites is 1. The number of hydrogen-bond donors (Lipinski definition) is 0. The van der Waals surface area contributed by atoms with E-state index in [1.165, 1.54) is 0 Å². The molecule has 29 heavy (non-hydrogen) atoms. The lowest BCUT2D eigenvalue weighted by Gasteiger charge is -2.19. The molecule has 152 valence electrons. The van der Waals surface area contributed by atoms with E-state index in [2.05, 4.69) is 4.98 Å². The molecule has 2 aromatic carbocycles. The lowest BCUT2D eigenvalue weighted by molar-refractivity contribution is 0.0526.